The quantitative estimate of drug-likeness (QED) is 0.262. The Morgan fingerprint density at radius 1 is 1.03 bits per heavy atom. The van der Waals surface area contributed by atoms with Gasteiger partial charge in [0.1, 0.15) is 21.6 Å². The van der Waals surface area contributed by atoms with Crippen LogP contribution in [0.2, 0.25) is 0 Å². The molecular formula is C28H23FN4O2S2. The van der Waals surface area contributed by atoms with E-state index in [1.54, 1.807) is 30.5 Å². The number of carbonyl (C=O) groups is 1. The molecule has 0 unspecified atom stereocenters. The van der Waals surface area contributed by atoms with Crippen molar-refractivity contribution in [3.05, 3.63) is 116 Å². The van der Waals surface area contributed by atoms with E-state index in [-0.39, 0.29) is 23.8 Å². The number of aromatic nitrogens is 2. The van der Waals surface area contributed by atoms with Crippen LogP contribution >= 0.6 is 24.0 Å². The Kier molecular flexibility index (Phi) is 7.16. The molecule has 0 aliphatic carbocycles. The molecule has 0 atom stereocenters. The average Bonchev–Trinajstić information content (AvgIpc) is 3.16. The van der Waals surface area contributed by atoms with E-state index in [4.69, 9.17) is 17.2 Å². The third-order valence-corrected chi connectivity index (χ3v) is 7.41. The number of thioether (sulfide) groups is 1. The first-order valence-corrected chi connectivity index (χ1v) is 12.9. The van der Waals surface area contributed by atoms with E-state index in [1.165, 1.54) is 21.4 Å². The Labute approximate surface area is 222 Å². The van der Waals surface area contributed by atoms with Gasteiger partial charge in [-0.1, -0.05) is 72.5 Å². The molecule has 0 bridgehead atoms. The van der Waals surface area contributed by atoms with Gasteiger partial charge in [-0.3, -0.25) is 18.9 Å². The number of halogens is 1. The van der Waals surface area contributed by atoms with Crippen LogP contribution in [0.1, 0.15) is 22.3 Å². The van der Waals surface area contributed by atoms with E-state index < -0.39 is 0 Å². The van der Waals surface area contributed by atoms with Gasteiger partial charge in [0.15, 0.2) is 0 Å². The highest BCUT2D eigenvalue weighted by Crippen LogP contribution is 2.34. The van der Waals surface area contributed by atoms with Gasteiger partial charge in [-0.15, -0.1) is 0 Å². The lowest BCUT2D eigenvalue weighted by Gasteiger charge is -2.14. The molecule has 186 valence electrons. The van der Waals surface area contributed by atoms with E-state index in [2.05, 4.69) is 5.32 Å². The average molecular weight is 531 g/mol. The minimum Gasteiger partial charge on any atom is -0.369 e. The predicted octanol–water partition coefficient (Wildman–Crippen LogP) is 5.20. The van der Waals surface area contributed by atoms with Crippen molar-refractivity contribution in [2.75, 3.05) is 11.9 Å². The normalized spacial score (nSPS) is 14.6. The first-order chi connectivity index (χ1) is 17.9. The highest BCUT2D eigenvalue weighted by atomic mass is 32.2. The van der Waals surface area contributed by atoms with Crippen molar-refractivity contribution in [3.8, 4) is 0 Å². The van der Waals surface area contributed by atoms with Gasteiger partial charge in [-0.25, -0.2) is 9.37 Å². The summed E-state index contributed by atoms with van der Waals surface area (Å²) in [4.78, 5) is 33.4. The minimum atomic E-state index is -0.346. The second kappa shape index (κ2) is 10.7. The van der Waals surface area contributed by atoms with Gasteiger partial charge in [0.25, 0.3) is 11.5 Å². The topological polar surface area (TPSA) is 66.7 Å². The van der Waals surface area contributed by atoms with E-state index in [0.717, 1.165) is 34.9 Å². The fourth-order valence-corrected chi connectivity index (χ4v) is 5.32. The second-order valence-corrected chi connectivity index (χ2v) is 10.3. The summed E-state index contributed by atoms with van der Waals surface area (Å²) >= 11 is 6.60. The third kappa shape index (κ3) is 5.33. The molecule has 3 heterocycles. The zero-order chi connectivity index (χ0) is 25.9. The van der Waals surface area contributed by atoms with Gasteiger partial charge in [0.05, 0.1) is 17.0 Å². The molecule has 1 saturated heterocycles. The highest BCUT2D eigenvalue weighted by Gasteiger charge is 2.32. The number of pyridine rings is 1. The molecule has 1 aliphatic rings. The van der Waals surface area contributed by atoms with Crippen molar-refractivity contribution < 1.29 is 9.18 Å². The van der Waals surface area contributed by atoms with Crippen LogP contribution in [0, 0.1) is 12.7 Å². The number of fused-ring (bicyclic) bond motifs is 1. The molecule has 0 saturated carbocycles. The van der Waals surface area contributed by atoms with E-state index in [9.17, 15) is 14.0 Å². The molecule has 37 heavy (non-hydrogen) atoms. The summed E-state index contributed by atoms with van der Waals surface area (Å²) in [6.07, 6.45) is 3.98. The van der Waals surface area contributed by atoms with E-state index in [0.29, 0.717) is 32.8 Å². The number of thiocarbonyl (C=S) groups is 1. The number of hydrogen-bond donors (Lipinski definition) is 1. The molecule has 2 aromatic heterocycles. The molecule has 1 aliphatic heterocycles. The number of nitrogens with zero attached hydrogens (tertiary/aromatic N) is 3. The number of rotatable bonds is 7. The molecule has 2 aromatic carbocycles. The lowest BCUT2D eigenvalue weighted by Crippen LogP contribution is -2.27. The lowest BCUT2D eigenvalue weighted by atomic mass is 10.1. The Bertz CT molecular complexity index is 1580. The number of aryl methyl sites for hydroxylation is 1. The van der Waals surface area contributed by atoms with Crippen LogP contribution in [0.25, 0.3) is 11.7 Å². The zero-order valence-electron chi connectivity index (χ0n) is 20.0. The predicted molar refractivity (Wildman–Crippen MR) is 150 cm³/mol. The van der Waals surface area contributed by atoms with Gasteiger partial charge in [-0.05, 0) is 54.3 Å². The van der Waals surface area contributed by atoms with Gasteiger partial charge in [-0.2, -0.15) is 0 Å². The summed E-state index contributed by atoms with van der Waals surface area (Å²) in [7, 11) is 0. The maximum Gasteiger partial charge on any atom is 0.267 e. The first-order valence-electron chi connectivity index (χ1n) is 11.7. The Morgan fingerprint density at radius 3 is 2.54 bits per heavy atom. The molecular weight excluding hydrogens is 507 g/mol. The Morgan fingerprint density at radius 2 is 1.78 bits per heavy atom. The summed E-state index contributed by atoms with van der Waals surface area (Å²) in [5.41, 5.74) is 3.34. The van der Waals surface area contributed by atoms with Crippen molar-refractivity contribution >= 4 is 51.7 Å². The summed E-state index contributed by atoms with van der Waals surface area (Å²) in [5, 5.41) is 3.31. The monoisotopic (exact) mass is 530 g/mol. The number of benzene rings is 2. The minimum absolute atomic E-state index is 0.221. The molecule has 6 nitrogen and oxygen atoms in total. The Balaban J connectivity index is 1.48. The SMILES string of the molecule is Cc1cccn2c(=O)c(C=C3SC(=S)N(Cc4ccc(F)cc4)C3=O)c(NCCc3ccccc3)nc12. The number of amides is 1. The van der Waals surface area contributed by atoms with Crippen LogP contribution in [0.3, 0.4) is 0 Å². The summed E-state index contributed by atoms with van der Waals surface area (Å²) in [5.74, 6) is -0.233. The lowest BCUT2D eigenvalue weighted by molar-refractivity contribution is -0.122. The zero-order valence-corrected chi connectivity index (χ0v) is 21.6. The van der Waals surface area contributed by atoms with Crippen LogP contribution in [-0.2, 0) is 17.8 Å². The molecule has 4 aromatic rings. The van der Waals surface area contributed by atoms with Crippen LogP contribution in [0.4, 0.5) is 10.2 Å². The Hall–Kier alpha value is -3.82. The van der Waals surface area contributed by atoms with Crippen LogP contribution < -0.4 is 10.9 Å². The van der Waals surface area contributed by atoms with E-state index >= 15 is 0 Å². The molecule has 1 fully saturated rings. The summed E-state index contributed by atoms with van der Waals surface area (Å²) < 4.78 is 15.2. The van der Waals surface area contributed by atoms with Crippen molar-refractivity contribution in [2.24, 2.45) is 0 Å². The number of carbonyl (C=O) groups excluding carboxylic acids is 1. The maximum atomic E-state index is 13.6. The van der Waals surface area contributed by atoms with Gasteiger partial charge < -0.3 is 5.32 Å². The van der Waals surface area contributed by atoms with Crippen LogP contribution in [0.15, 0.2) is 82.6 Å². The third-order valence-electron chi connectivity index (χ3n) is 6.04. The maximum absolute atomic E-state index is 13.6. The van der Waals surface area contributed by atoms with Gasteiger partial charge in [0, 0.05) is 12.7 Å². The summed E-state index contributed by atoms with van der Waals surface area (Å²) in [6, 6.07) is 19.6. The van der Waals surface area contributed by atoms with Gasteiger partial charge >= 0.3 is 0 Å². The smallest absolute Gasteiger partial charge is 0.267 e. The molecule has 5 rings (SSSR count). The fourth-order valence-electron chi connectivity index (χ4n) is 4.09. The largest absolute Gasteiger partial charge is 0.369 e. The van der Waals surface area contributed by atoms with Crippen molar-refractivity contribution in [1.29, 1.82) is 0 Å². The number of nitrogens with one attached hydrogen (secondary N) is 1. The fraction of sp³-hybridized carbons (Fsp3) is 0.143. The van der Waals surface area contributed by atoms with Gasteiger partial charge in [0.2, 0.25) is 0 Å². The molecule has 9 heteroatoms. The second-order valence-electron chi connectivity index (χ2n) is 8.62. The number of hydrogen-bond acceptors (Lipinski definition) is 6. The van der Waals surface area contributed by atoms with Crippen LogP contribution in [-0.4, -0.2) is 31.1 Å². The number of anilines is 1. The van der Waals surface area contributed by atoms with Crippen molar-refractivity contribution in [3.63, 3.8) is 0 Å². The standard InChI is InChI=1S/C28H23FN4O2S2/c1-18-6-5-15-32-25(18)31-24(30-14-13-19-7-3-2-4-8-19)22(26(32)34)16-23-27(35)33(28(36)37-23)17-20-9-11-21(29)12-10-20/h2-12,15-16,30H,13-14,17H2,1H3. The van der Waals surface area contributed by atoms with E-state index in [1.807, 2.05) is 43.3 Å². The first kappa shape index (κ1) is 24.9. The molecule has 0 radical (unpaired) electrons. The van der Waals surface area contributed by atoms with Crippen molar-refractivity contribution in [2.45, 2.75) is 19.9 Å². The van der Waals surface area contributed by atoms with Crippen LogP contribution in [0.5, 0.6) is 0 Å². The molecule has 1 N–H and O–H groups in total. The molecule has 0 spiro atoms. The van der Waals surface area contributed by atoms with Crippen molar-refractivity contribution in [1.82, 2.24) is 14.3 Å². The summed E-state index contributed by atoms with van der Waals surface area (Å²) in [6.45, 7) is 2.68. The molecule has 1 amide bonds. The highest BCUT2D eigenvalue weighted by molar-refractivity contribution is 8.26.